The van der Waals surface area contributed by atoms with Crippen molar-refractivity contribution in [1.82, 2.24) is 4.31 Å². The van der Waals surface area contributed by atoms with Crippen LogP contribution in [-0.4, -0.2) is 39.0 Å². The maximum atomic E-state index is 12.3. The van der Waals surface area contributed by atoms with Crippen molar-refractivity contribution in [3.8, 4) is 6.19 Å². The number of hydrogen-bond acceptors (Lipinski definition) is 6. The van der Waals surface area contributed by atoms with Crippen LogP contribution in [0.5, 0.6) is 0 Å². The monoisotopic (exact) mass is 282 g/mol. The van der Waals surface area contributed by atoms with Gasteiger partial charge in [0.25, 0.3) is 0 Å². The maximum absolute atomic E-state index is 12.3. The maximum Gasteiger partial charge on any atom is 0.243 e. The summed E-state index contributed by atoms with van der Waals surface area (Å²) in [5, 5.41) is 10.9. The third kappa shape index (κ3) is 2.78. The van der Waals surface area contributed by atoms with Crippen LogP contribution in [0.4, 0.5) is 11.4 Å². The molecular formula is C11H14N4O3S. The molecule has 102 valence electrons. The summed E-state index contributed by atoms with van der Waals surface area (Å²) in [4.78, 5) is 0.121. The van der Waals surface area contributed by atoms with Gasteiger partial charge in [-0.15, -0.1) is 0 Å². The molecule has 2 rings (SSSR count). The van der Waals surface area contributed by atoms with Crippen molar-refractivity contribution in [2.45, 2.75) is 4.90 Å². The van der Waals surface area contributed by atoms with Crippen molar-refractivity contribution in [3.63, 3.8) is 0 Å². The highest BCUT2D eigenvalue weighted by Gasteiger charge is 2.26. The predicted molar refractivity (Wildman–Crippen MR) is 69.7 cm³/mol. The van der Waals surface area contributed by atoms with Crippen LogP contribution in [0.2, 0.25) is 0 Å². The zero-order valence-electron chi connectivity index (χ0n) is 10.2. The quantitative estimate of drug-likeness (QED) is 0.465. The molecule has 0 saturated carbocycles. The zero-order chi connectivity index (χ0) is 13.9. The summed E-state index contributed by atoms with van der Waals surface area (Å²) in [5.41, 5.74) is 6.32. The van der Waals surface area contributed by atoms with E-state index in [2.05, 4.69) is 5.32 Å². The van der Waals surface area contributed by atoms with E-state index in [0.29, 0.717) is 32.0 Å². The van der Waals surface area contributed by atoms with Gasteiger partial charge < -0.3 is 10.5 Å². The lowest BCUT2D eigenvalue weighted by atomic mass is 10.3. The lowest BCUT2D eigenvalue weighted by Gasteiger charge is -2.26. The highest BCUT2D eigenvalue weighted by molar-refractivity contribution is 7.89. The van der Waals surface area contributed by atoms with E-state index in [1.54, 1.807) is 6.19 Å². The van der Waals surface area contributed by atoms with E-state index >= 15 is 0 Å². The Morgan fingerprint density at radius 2 is 2.05 bits per heavy atom. The fourth-order valence-electron chi connectivity index (χ4n) is 1.81. The van der Waals surface area contributed by atoms with Gasteiger partial charge in [-0.3, -0.25) is 5.32 Å². The SMILES string of the molecule is N#CNc1ccc(S(=O)(=O)N2CCOCC2)cc1N. The molecule has 0 aromatic heterocycles. The number of benzene rings is 1. The summed E-state index contributed by atoms with van der Waals surface area (Å²) < 4.78 is 31.2. The normalized spacial score (nSPS) is 16.8. The van der Waals surface area contributed by atoms with Gasteiger partial charge in [0.05, 0.1) is 29.5 Å². The van der Waals surface area contributed by atoms with Gasteiger partial charge in [-0.05, 0) is 18.2 Å². The van der Waals surface area contributed by atoms with Gasteiger partial charge in [-0.1, -0.05) is 0 Å². The summed E-state index contributed by atoms with van der Waals surface area (Å²) in [6.07, 6.45) is 1.74. The fraction of sp³-hybridized carbons (Fsp3) is 0.364. The first-order valence-electron chi connectivity index (χ1n) is 5.68. The van der Waals surface area contributed by atoms with Gasteiger partial charge in [0.2, 0.25) is 10.0 Å². The summed E-state index contributed by atoms with van der Waals surface area (Å²) >= 11 is 0. The molecule has 7 nitrogen and oxygen atoms in total. The van der Waals surface area contributed by atoms with Crippen molar-refractivity contribution >= 4 is 21.4 Å². The number of hydrogen-bond donors (Lipinski definition) is 2. The zero-order valence-corrected chi connectivity index (χ0v) is 11.0. The van der Waals surface area contributed by atoms with E-state index in [1.807, 2.05) is 0 Å². The summed E-state index contributed by atoms with van der Waals surface area (Å²) in [6, 6.07) is 4.26. The summed E-state index contributed by atoms with van der Waals surface area (Å²) in [6.45, 7) is 1.45. The molecule has 0 atom stereocenters. The molecule has 8 heteroatoms. The molecule has 1 aliphatic rings. The molecule has 0 aliphatic carbocycles. The van der Waals surface area contributed by atoms with Crippen LogP contribution in [0.3, 0.4) is 0 Å². The smallest absolute Gasteiger partial charge is 0.243 e. The fourth-order valence-corrected chi connectivity index (χ4v) is 3.26. The van der Waals surface area contributed by atoms with Crippen LogP contribution in [0.15, 0.2) is 23.1 Å². The first-order chi connectivity index (χ1) is 9.05. The number of ether oxygens (including phenoxy) is 1. The van der Waals surface area contributed by atoms with E-state index < -0.39 is 10.0 Å². The molecular weight excluding hydrogens is 268 g/mol. The van der Waals surface area contributed by atoms with E-state index in [0.717, 1.165) is 0 Å². The Morgan fingerprint density at radius 3 is 2.63 bits per heavy atom. The molecule has 0 spiro atoms. The Kier molecular flexibility index (Phi) is 3.90. The third-order valence-electron chi connectivity index (χ3n) is 2.82. The topological polar surface area (TPSA) is 108 Å². The second-order valence-corrected chi connectivity index (χ2v) is 5.94. The molecule has 3 N–H and O–H groups in total. The minimum Gasteiger partial charge on any atom is -0.397 e. The first-order valence-corrected chi connectivity index (χ1v) is 7.12. The number of nitriles is 1. The van der Waals surface area contributed by atoms with Gasteiger partial charge in [-0.2, -0.15) is 9.57 Å². The average molecular weight is 282 g/mol. The van der Waals surface area contributed by atoms with E-state index in [-0.39, 0.29) is 10.6 Å². The highest BCUT2D eigenvalue weighted by atomic mass is 32.2. The minimum absolute atomic E-state index is 0.121. The Hall–Kier alpha value is -1.82. The second-order valence-electron chi connectivity index (χ2n) is 4.00. The molecule has 0 unspecified atom stereocenters. The van der Waals surface area contributed by atoms with Gasteiger partial charge in [0.1, 0.15) is 0 Å². The number of nitrogens with zero attached hydrogens (tertiary/aromatic N) is 2. The van der Waals surface area contributed by atoms with Crippen molar-refractivity contribution in [2.24, 2.45) is 0 Å². The minimum atomic E-state index is -3.55. The summed E-state index contributed by atoms with van der Waals surface area (Å²) in [5.74, 6) is 0. The number of anilines is 2. The average Bonchev–Trinajstić information content (AvgIpc) is 2.42. The van der Waals surface area contributed by atoms with Crippen molar-refractivity contribution in [1.29, 1.82) is 5.26 Å². The largest absolute Gasteiger partial charge is 0.397 e. The van der Waals surface area contributed by atoms with Gasteiger partial charge in [-0.25, -0.2) is 8.42 Å². The van der Waals surface area contributed by atoms with Crippen LogP contribution in [0.25, 0.3) is 0 Å². The number of morpholine rings is 1. The molecule has 1 saturated heterocycles. The molecule has 0 radical (unpaired) electrons. The predicted octanol–water partition coefficient (Wildman–Crippen LogP) is 0.183. The summed E-state index contributed by atoms with van der Waals surface area (Å²) in [7, 11) is -3.55. The highest BCUT2D eigenvalue weighted by Crippen LogP contribution is 2.24. The van der Waals surface area contributed by atoms with Crippen LogP contribution >= 0.6 is 0 Å². The van der Waals surface area contributed by atoms with E-state index in [9.17, 15) is 8.42 Å². The van der Waals surface area contributed by atoms with Crippen molar-refractivity contribution in [3.05, 3.63) is 18.2 Å². The van der Waals surface area contributed by atoms with Crippen LogP contribution < -0.4 is 11.1 Å². The molecule has 1 aliphatic heterocycles. The van der Waals surface area contributed by atoms with Crippen molar-refractivity contribution < 1.29 is 13.2 Å². The van der Waals surface area contributed by atoms with Gasteiger partial charge in [0, 0.05) is 13.1 Å². The molecule has 1 aromatic carbocycles. The molecule has 19 heavy (non-hydrogen) atoms. The molecule has 1 heterocycles. The standard InChI is InChI=1S/C11H14N4O3S/c12-8-14-11-2-1-9(7-10(11)13)19(16,17)15-3-5-18-6-4-15/h1-2,7,14H,3-6,13H2. The number of nitrogens with two attached hydrogens (primary N) is 1. The Labute approximate surface area is 111 Å². The molecule has 1 fully saturated rings. The number of sulfonamides is 1. The molecule has 0 bridgehead atoms. The van der Waals surface area contributed by atoms with Crippen LogP contribution in [-0.2, 0) is 14.8 Å². The Morgan fingerprint density at radius 1 is 1.37 bits per heavy atom. The van der Waals surface area contributed by atoms with E-state index in [1.165, 1.54) is 22.5 Å². The third-order valence-corrected chi connectivity index (χ3v) is 4.72. The molecule has 0 amide bonds. The molecule has 1 aromatic rings. The van der Waals surface area contributed by atoms with Gasteiger partial charge >= 0.3 is 0 Å². The lowest BCUT2D eigenvalue weighted by Crippen LogP contribution is -2.40. The first kappa shape index (κ1) is 13.6. The number of nitrogen functional groups attached to an aromatic ring is 1. The number of nitrogens with one attached hydrogen (secondary N) is 1. The lowest BCUT2D eigenvalue weighted by molar-refractivity contribution is 0.0730. The Bertz CT molecular complexity index is 603. The van der Waals surface area contributed by atoms with Gasteiger partial charge in [0.15, 0.2) is 6.19 Å². The van der Waals surface area contributed by atoms with Crippen LogP contribution in [0, 0.1) is 11.5 Å². The van der Waals surface area contributed by atoms with E-state index in [4.69, 9.17) is 15.7 Å². The number of rotatable bonds is 3. The second kappa shape index (κ2) is 5.44. The Balaban J connectivity index is 2.30. The van der Waals surface area contributed by atoms with Crippen LogP contribution in [0.1, 0.15) is 0 Å². The van der Waals surface area contributed by atoms with Crippen molar-refractivity contribution in [2.75, 3.05) is 37.4 Å².